The van der Waals surface area contributed by atoms with E-state index in [0.717, 1.165) is 57.9 Å². The molecule has 0 aliphatic rings. The average molecular weight is 319 g/mol. The molecule has 4 heteroatoms. The molecule has 0 bridgehead atoms. The fourth-order valence-electron chi connectivity index (χ4n) is 2.17. The second-order valence-corrected chi connectivity index (χ2v) is 6.16. The smallest absolute Gasteiger partial charge is 0.190 e. The first-order chi connectivity index (χ1) is 11.2. The Morgan fingerprint density at radius 3 is 2.48 bits per heavy atom. The van der Waals surface area contributed by atoms with Crippen molar-refractivity contribution in [1.29, 1.82) is 0 Å². The quantitative estimate of drug-likeness (QED) is 0.374. The Bertz CT molecular complexity index is 418. The van der Waals surface area contributed by atoms with Crippen LogP contribution in [0.15, 0.2) is 35.3 Å². The Balaban J connectivity index is 1.94. The van der Waals surface area contributed by atoms with Gasteiger partial charge in [-0.1, -0.05) is 44.2 Å². The molecule has 0 saturated carbocycles. The van der Waals surface area contributed by atoms with Crippen LogP contribution < -0.4 is 10.6 Å². The van der Waals surface area contributed by atoms with E-state index in [9.17, 15) is 0 Å². The Kier molecular flexibility index (Phi) is 11.0. The highest BCUT2D eigenvalue weighted by molar-refractivity contribution is 5.79. The molecule has 0 aliphatic carbocycles. The van der Waals surface area contributed by atoms with Crippen LogP contribution in [-0.2, 0) is 11.2 Å². The molecule has 1 aromatic rings. The number of nitrogens with zero attached hydrogens (tertiary/aromatic N) is 1. The minimum atomic E-state index is 0.716. The van der Waals surface area contributed by atoms with Gasteiger partial charge in [-0.3, -0.25) is 4.99 Å². The fraction of sp³-hybridized carbons (Fsp3) is 0.632. The van der Waals surface area contributed by atoms with Gasteiger partial charge in [0.2, 0.25) is 0 Å². The van der Waals surface area contributed by atoms with E-state index in [1.807, 2.05) is 13.1 Å². The van der Waals surface area contributed by atoms with E-state index in [4.69, 9.17) is 4.74 Å². The molecule has 23 heavy (non-hydrogen) atoms. The number of rotatable bonds is 11. The van der Waals surface area contributed by atoms with Crippen LogP contribution in [0.25, 0.3) is 0 Å². The summed E-state index contributed by atoms with van der Waals surface area (Å²) in [5, 5.41) is 6.68. The van der Waals surface area contributed by atoms with E-state index in [0.29, 0.717) is 5.92 Å². The van der Waals surface area contributed by atoms with Crippen molar-refractivity contribution in [3.05, 3.63) is 35.9 Å². The van der Waals surface area contributed by atoms with Crippen molar-refractivity contribution in [3.63, 3.8) is 0 Å². The second kappa shape index (κ2) is 12.9. The molecule has 0 fully saturated rings. The summed E-state index contributed by atoms with van der Waals surface area (Å²) >= 11 is 0. The third-order valence-corrected chi connectivity index (χ3v) is 3.62. The maximum absolute atomic E-state index is 5.69. The number of ether oxygens (including phenoxy) is 1. The Hall–Kier alpha value is -1.55. The predicted octanol–water partition coefficient (Wildman–Crippen LogP) is 3.24. The molecule has 0 amide bonds. The van der Waals surface area contributed by atoms with Crippen LogP contribution in [0.2, 0.25) is 0 Å². The number of aliphatic imine (C=N–C) groups is 1. The summed E-state index contributed by atoms with van der Waals surface area (Å²) in [7, 11) is 1.82. The third kappa shape index (κ3) is 10.7. The van der Waals surface area contributed by atoms with Crippen LogP contribution in [0.4, 0.5) is 0 Å². The van der Waals surface area contributed by atoms with Crippen LogP contribution >= 0.6 is 0 Å². The van der Waals surface area contributed by atoms with Crippen molar-refractivity contribution >= 4 is 5.96 Å². The summed E-state index contributed by atoms with van der Waals surface area (Å²) in [6.07, 6.45) is 4.32. The van der Waals surface area contributed by atoms with Gasteiger partial charge in [0.15, 0.2) is 5.96 Å². The van der Waals surface area contributed by atoms with Crippen LogP contribution in [0.5, 0.6) is 0 Å². The van der Waals surface area contributed by atoms with Gasteiger partial charge in [-0.2, -0.15) is 0 Å². The molecule has 0 heterocycles. The highest BCUT2D eigenvalue weighted by Crippen LogP contribution is 2.00. The van der Waals surface area contributed by atoms with Crippen LogP contribution in [0, 0.1) is 5.92 Å². The molecule has 4 nitrogen and oxygen atoms in total. The molecule has 1 aromatic carbocycles. The van der Waals surface area contributed by atoms with Crippen molar-refractivity contribution in [2.45, 2.75) is 39.5 Å². The molecule has 0 saturated heterocycles. The van der Waals surface area contributed by atoms with Crippen LogP contribution in [-0.4, -0.2) is 39.3 Å². The molecule has 1 rings (SSSR count). The SMILES string of the molecule is CN=C(NCCCCOCCc1ccccc1)NCCC(C)C. The van der Waals surface area contributed by atoms with Crippen molar-refractivity contribution in [2.75, 3.05) is 33.4 Å². The standard InChI is InChI=1S/C19H33N3O/c1-17(2)11-14-22-19(20-3)21-13-7-8-15-23-16-12-18-9-5-4-6-10-18/h4-6,9-10,17H,7-8,11-16H2,1-3H3,(H2,20,21,22). The molecule has 0 spiro atoms. The zero-order chi connectivity index (χ0) is 16.8. The minimum Gasteiger partial charge on any atom is -0.381 e. The largest absolute Gasteiger partial charge is 0.381 e. The van der Waals surface area contributed by atoms with Crippen LogP contribution in [0.1, 0.15) is 38.7 Å². The van der Waals surface area contributed by atoms with Gasteiger partial charge < -0.3 is 15.4 Å². The number of hydrogen-bond donors (Lipinski definition) is 2. The van der Waals surface area contributed by atoms with E-state index in [1.165, 1.54) is 5.56 Å². The van der Waals surface area contributed by atoms with E-state index in [-0.39, 0.29) is 0 Å². The highest BCUT2D eigenvalue weighted by Gasteiger charge is 1.98. The van der Waals surface area contributed by atoms with Crippen molar-refractivity contribution < 1.29 is 4.74 Å². The summed E-state index contributed by atoms with van der Waals surface area (Å²) in [4.78, 5) is 4.23. The predicted molar refractivity (Wildman–Crippen MR) is 99.0 cm³/mol. The topological polar surface area (TPSA) is 45.7 Å². The van der Waals surface area contributed by atoms with E-state index in [2.05, 4.69) is 53.7 Å². The summed E-state index contributed by atoms with van der Waals surface area (Å²) in [6.45, 7) is 8.00. The van der Waals surface area contributed by atoms with Crippen molar-refractivity contribution in [1.82, 2.24) is 10.6 Å². The van der Waals surface area contributed by atoms with Gasteiger partial charge >= 0.3 is 0 Å². The number of nitrogens with one attached hydrogen (secondary N) is 2. The van der Waals surface area contributed by atoms with Gasteiger partial charge in [-0.15, -0.1) is 0 Å². The Labute approximate surface area is 141 Å². The molecule has 0 aromatic heterocycles. The zero-order valence-corrected chi connectivity index (χ0v) is 15.0. The lowest BCUT2D eigenvalue weighted by Crippen LogP contribution is -2.38. The molecule has 2 N–H and O–H groups in total. The van der Waals surface area contributed by atoms with Gasteiger partial charge in [0.1, 0.15) is 0 Å². The van der Waals surface area contributed by atoms with E-state index < -0.39 is 0 Å². The third-order valence-electron chi connectivity index (χ3n) is 3.62. The maximum Gasteiger partial charge on any atom is 0.190 e. The Morgan fingerprint density at radius 2 is 1.78 bits per heavy atom. The molecule has 0 radical (unpaired) electrons. The zero-order valence-electron chi connectivity index (χ0n) is 15.0. The molecular formula is C19H33N3O. The molecule has 0 unspecified atom stereocenters. The summed E-state index contributed by atoms with van der Waals surface area (Å²) < 4.78 is 5.69. The summed E-state index contributed by atoms with van der Waals surface area (Å²) in [6, 6.07) is 10.5. The maximum atomic E-state index is 5.69. The first kappa shape index (κ1) is 19.5. The van der Waals surface area contributed by atoms with E-state index in [1.54, 1.807) is 0 Å². The first-order valence-corrected chi connectivity index (χ1v) is 8.78. The molecule has 0 atom stereocenters. The Morgan fingerprint density at radius 1 is 1.04 bits per heavy atom. The lowest BCUT2D eigenvalue weighted by molar-refractivity contribution is 0.133. The van der Waals surface area contributed by atoms with Gasteiger partial charge in [0.05, 0.1) is 6.61 Å². The molecular weight excluding hydrogens is 286 g/mol. The molecule has 130 valence electrons. The normalized spacial score (nSPS) is 11.7. The summed E-state index contributed by atoms with van der Waals surface area (Å²) in [5.41, 5.74) is 1.34. The number of guanidine groups is 1. The van der Waals surface area contributed by atoms with Gasteiger partial charge in [-0.25, -0.2) is 0 Å². The van der Waals surface area contributed by atoms with Crippen LogP contribution in [0.3, 0.4) is 0 Å². The number of hydrogen-bond acceptors (Lipinski definition) is 2. The number of unbranched alkanes of at least 4 members (excludes halogenated alkanes) is 1. The lowest BCUT2D eigenvalue weighted by atomic mass is 10.1. The minimum absolute atomic E-state index is 0.716. The molecule has 0 aliphatic heterocycles. The lowest BCUT2D eigenvalue weighted by Gasteiger charge is -2.12. The first-order valence-electron chi connectivity index (χ1n) is 8.78. The van der Waals surface area contributed by atoms with Crippen molar-refractivity contribution in [3.8, 4) is 0 Å². The average Bonchev–Trinajstić information content (AvgIpc) is 2.56. The van der Waals surface area contributed by atoms with E-state index >= 15 is 0 Å². The van der Waals surface area contributed by atoms with Gasteiger partial charge in [-0.05, 0) is 37.2 Å². The highest BCUT2D eigenvalue weighted by atomic mass is 16.5. The van der Waals surface area contributed by atoms with Gasteiger partial charge in [0, 0.05) is 26.7 Å². The van der Waals surface area contributed by atoms with Crippen molar-refractivity contribution in [2.24, 2.45) is 10.9 Å². The fourth-order valence-corrected chi connectivity index (χ4v) is 2.17. The summed E-state index contributed by atoms with van der Waals surface area (Å²) in [5.74, 6) is 1.62. The monoisotopic (exact) mass is 319 g/mol. The van der Waals surface area contributed by atoms with Gasteiger partial charge in [0.25, 0.3) is 0 Å². The second-order valence-electron chi connectivity index (χ2n) is 6.16. The number of benzene rings is 1.